The minimum atomic E-state index is -1.22. The van der Waals surface area contributed by atoms with Crippen molar-refractivity contribution in [2.45, 2.75) is 12.1 Å². The van der Waals surface area contributed by atoms with Crippen molar-refractivity contribution in [3.63, 3.8) is 0 Å². The topological polar surface area (TPSA) is 81.8 Å². The Balaban J connectivity index is 2.11. The molecule has 0 aliphatic rings. The van der Waals surface area contributed by atoms with E-state index in [2.05, 4.69) is 0 Å². The Kier molecular flexibility index (Phi) is 4.86. The van der Waals surface area contributed by atoms with Crippen LogP contribution in [0.3, 0.4) is 0 Å². The maximum atomic E-state index is 11.5. The Bertz CT molecular complexity index is 879. The Labute approximate surface area is 145 Å². The van der Waals surface area contributed by atoms with Gasteiger partial charge in [0.25, 0.3) is 0 Å². The second-order valence-electron chi connectivity index (χ2n) is 5.63. The molecule has 0 bridgehead atoms. The zero-order chi connectivity index (χ0) is 17.8. The van der Waals surface area contributed by atoms with Gasteiger partial charge in [0.15, 0.2) is 11.5 Å². The number of carboxylic acids is 1. The molecule has 0 aliphatic carbocycles. The number of carbonyl (C=O) groups is 1. The van der Waals surface area contributed by atoms with E-state index in [-0.39, 0.29) is 0 Å². The zero-order valence-corrected chi connectivity index (χ0v) is 13.8. The maximum absolute atomic E-state index is 11.5. The maximum Gasteiger partial charge on any atom is 0.324 e. The Morgan fingerprint density at radius 1 is 1.00 bits per heavy atom. The predicted molar refractivity (Wildman–Crippen MR) is 95.9 cm³/mol. The average molecular weight is 337 g/mol. The predicted octanol–water partition coefficient (Wildman–Crippen LogP) is 3.38. The highest BCUT2D eigenvalue weighted by molar-refractivity contribution is 5.90. The van der Waals surface area contributed by atoms with E-state index in [0.29, 0.717) is 17.1 Å². The fraction of sp³-hybridized carbons (Fsp3) is 0.150. The molecule has 128 valence electrons. The molecular weight excluding hydrogens is 318 g/mol. The summed E-state index contributed by atoms with van der Waals surface area (Å²) < 4.78 is 11.5. The van der Waals surface area contributed by atoms with E-state index in [4.69, 9.17) is 15.2 Å². The highest BCUT2D eigenvalue weighted by Gasteiger charge is 2.29. The van der Waals surface area contributed by atoms with Gasteiger partial charge in [-0.05, 0) is 17.0 Å². The molecule has 5 heteroatoms. The smallest absolute Gasteiger partial charge is 0.324 e. The molecule has 3 aromatic rings. The lowest BCUT2D eigenvalue weighted by atomic mass is 10.0. The van der Waals surface area contributed by atoms with Gasteiger partial charge in [-0.3, -0.25) is 4.79 Å². The number of fused-ring (bicyclic) bond motifs is 1. The summed E-state index contributed by atoms with van der Waals surface area (Å²) in [5, 5.41) is 11.2. The average Bonchev–Trinajstić information content (AvgIpc) is 2.66. The summed E-state index contributed by atoms with van der Waals surface area (Å²) in [6.45, 7) is 0. The quantitative estimate of drug-likeness (QED) is 0.720. The molecule has 0 aliphatic heterocycles. The van der Waals surface area contributed by atoms with Crippen LogP contribution in [0.2, 0.25) is 0 Å². The van der Waals surface area contributed by atoms with E-state index in [9.17, 15) is 9.90 Å². The molecule has 0 heterocycles. The Morgan fingerprint density at radius 2 is 1.68 bits per heavy atom. The molecule has 25 heavy (non-hydrogen) atoms. The van der Waals surface area contributed by atoms with Crippen molar-refractivity contribution in [2.75, 3.05) is 7.11 Å². The van der Waals surface area contributed by atoms with Crippen molar-refractivity contribution in [2.24, 2.45) is 5.73 Å². The first-order chi connectivity index (χ1) is 12.1. The number of nitrogens with two attached hydrogens (primary N) is 1. The first-order valence-corrected chi connectivity index (χ1v) is 7.87. The number of rotatable bonds is 6. The third-order valence-corrected chi connectivity index (χ3v) is 4.05. The van der Waals surface area contributed by atoms with Gasteiger partial charge in [0, 0.05) is 5.39 Å². The van der Waals surface area contributed by atoms with E-state index in [0.717, 1.165) is 10.8 Å². The van der Waals surface area contributed by atoms with Crippen molar-refractivity contribution in [1.29, 1.82) is 0 Å². The van der Waals surface area contributed by atoms with Gasteiger partial charge in [0.2, 0.25) is 0 Å². The number of benzene rings is 3. The van der Waals surface area contributed by atoms with Gasteiger partial charge in [-0.15, -0.1) is 0 Å². The van der Waals surface area contributed by atoms with Crippen LogP contribution >= 0.6 is 0 Å². The van der Waals surface area contributed by atoms with Crippen LogP contribution in [-0.2, 0) is 4.79 Å². The number of methoxy groups -OCH3 is 1. The van der Waals surface area contributed by atoms with Crippen LogP contribution in [0.1, 0.15) is 11.7 Å². The van der Waals surface area contributed by atoms with E-state index in [1.807, 2.05) is 48.5 Å². The summed E-state index contributed by atoms with van der Waals surface area (Å²) in [5.41, 5.74) is 6.60. The molecular formula is C20H19NO4. The van der Waals surface area contributed by atoms with Crippen molar-refractivity contribution >= 4 is 16.7 Å². The lowest BCUT2D eigenvalue weighted by Crippen LogP contribution is -2.39. The first kappa shape index (κ1) is 16.8. The fourth-order valence-corrected chi connectivity index (χ4v) is 2.75. The Morgan fingerprint density at radius 3 is 2.36 bits per heavy atom. The molecule has 0 aromatic heterocycles. The summed E-state index contributed by atoms with van der Waals surface area (Å²) >= 11 is 0. The van der Waals surface area contributed by atoms with Gasteiger partial charge in [-0.2, -0.15) is 0 Å². The number of hydrogen-bond acceptors (Lipinski definition) is 4. The minimum Gasteiger partial charge on any atom is -0.493 e. The third kappa shape index (κ3) is 3.41. The molecule has 0 amide bonds. The Hall–Kier alpha value is -3.05. The largest absolute Gasteiger partial charge is 0.493 e. The molecule has 0 saturated heterocycles. The molecule has 5 nitrogen and oxygen atoms in total. The molecule has 0 radical (unpaired) electrons. The number of carboxylic acid groups (broad SMARTS) is 1. The third-order valence-electron chi connectivity index (χ3n) is 4.05. The first-order valence-electron chi connectivity index (χ1n) is 7.87. The molecule has 3 N–H and O–H groups in total. The van der Waals surface area contributed by atoms with Gasteiger partial charge < -0.3 is 20.3 Å². The summed E-state index contributed by atoms with van der Waals surface area (Å²) in [4.78, 5) is 11.5. The van der Waals surface area contributed by atoms with Crippen LogP contribution in [-0.4, -0.2) is 24.2 Å². The number of hydrogen-bond donors (Lipinski definition) is 2. The summed E-state index contributed by atoms with van der Waals surface area (Å²) in [7, 11) is 1.55. The SMILES string of the molecule is COc1ccc2ccccc2c1OC(c1ccccc1)[C@H](N)C(=O)O. The second-order valence-corrected chi connectivity index (χ2v) is 5.63. The highest BCUT2D eigenvalue weighted by Crippen LogP contribution is 2.38. The summed E-state index contributed by atoms with van der Waals surface area (Å²) in [6.07, 6.45) is -0.849. The van der Waals surface area contributed by atoms with Crippen LogP contribution in [0.4, 0.5) is 0 Å². The van der Waals surface area contributed by atoms with E-state index in [1.165, 1.54) is 0 Å². The minimum absolute atomic E-state index is 0.478. The van der Waals surface area contributed by atoms with Crippen LogP contribution in [0.15, 0.2) is 66.7 Å². The lowest BCUT2D eigenvalue weighted by molar-refractivity contribution is -0.140. The highest BCUT2D eigenvalue weighted by atomic mass is 16.5. The van der Waals surface area contributed by atoms with Gasteiger partial charge in [0.1, 0.15) is 12.1 Å². The van der Waals surface area contributed by atoms with Gasteiger partial charge in [-0.25, -0.2) is 0 Å². The van der Waals surface area contributed by atoms with E-state index in [1.54, 1.807) is 25.3 Å². The molecule has 0 fully saturated rings. The summed E-state index contributed by atoms with van der Waals surface area (Å²) in [5.74, 6) is -0.128. The van der Waals surface area contributed by atoms with Gasteiger partial charge >= 0.3 is 5.97 Å². The molecule has 1 unspecified atom stereocenters. The standard InChI is InChI=1S/C20H19NO4/c1-24-16-12-11-13-7-5-6-10-15(13)19(16)25-18(17(21)20(22)23)14-8-3-2-4-9-14/h2-12,17-18H,21H2,1H3,(H,22,23)/t17-,18?/m0/s1. The second kappa shape index (κ2) is 7.23. The van der Waals surface area contributed by atoms with Crippen LogP contribution in [0.25, 0.3) is 10.8 Å². The van der Waals surface area contributed by atoms with Gasteiger partial charge in [0.05, 0.1) is 7.11 Å². The van der Waals surface area contributed by atoms with Crippen molar-refractivity contribution in [1.82, 2.24) is 0 Å². The monoisotopic (exact) mass is 337 g/mol. The molecule has 0 spiro atoms. The van der Waals surface area contributed by atoms with Gasteiger partial charge in [-0.1, -0.05) is 60.7 Å². The molecule has 3 aromatic carbocycles. The lowest BCUT2D eigenvalue weighted by Gasteiger charge is -2.25. The van der Waals surface area contributed by atoms with E-state index < -0.39 is 18.1 Å². The molecule has 3 rings (SSSR count). The van der Waals surface area contributed by atoms with Crippen LogP contribution < -0.4 is 15.2 Å². The van der Waals surface area contributed by atoms with Crippen molar-refractivity contribution < 1.29 is 19.4 Å². The number of aliphatic carboxylic acids is 1. The van der Waals surface area contributed by atoms with Crippen molar-refractivity contribution in [3.05, 3.63) is 72.3 Å². The fourth-order valence-electron chi connectivity index (χ4n) is 2.75. The molecule has 0 saturated carbocycles. The zero-order valence-electron chi connectivity index (χ0n) is 13.8. The van der Waals surface area contributed by atoms with Crippen LogP contribution in [0, 0.1) is 0 Å². The van der Waals surface area contributed by atoms with Crippen molar-refractivity contribution in [3.8, 4) is 11.5 Å². The summed E-state index contributed by atoms with van der Waals surface area (Å²) in [6, 6.07) is 19.3. The molecule has 2 atom stereocenters. The number of ether oxygens (including phenoxy) is 2. The van der Waals surface area contributed by atoms with E-state index >= 15 is 0 Å². The normalized spacial score (nSPS) is 13.2. The van der Waals surface area contributed by atoms with Crippen LogP contribution in [0.5, 0.6) is 11.5 Å².